The molecule has 1 saturated heterocycles. The first-order valence-corrected chi connectivity index (χ1v) is 18.1. The molecule has 0 amide bonds. The lowest BCUT2D eigenvalue weighted by Crippen LogP contribution is -2.81. The highest BCUT2D eigenvalue weighted by atomic mass is 16.6. The summed E-state index contributed by atoms with van der Waals surface area (Å²) in [5.41, 5.74) is -4.00. The summed E-state index contributed by atoms with van der Waals surface area (Å²) in [4.78, 5) is 41.2. The van der Waals surface area contributed by atoms with Crippen LogP contribution >= 0.6 is 0 Å². The highest BCUT2D eigenvalue weighted by Crippen LogP contribution is 2.64. The van der Waals surface area contributed by atoms with Gasteiger partial charge in [0.15, 0.2) is 11.4 Å². The molecular formula is C42H48O10. The van der Waals surface area contributed by atoms with Crippen LogP contribution in [-0.4, -0.2) is 81.4 Å². The molecule has 0 spiro atoms. The lowest BCUT2D eigenvalue weighted by Gasteiger charge is -2.67. The molecule has 3 aromatic rings. The second-order valence-electron chi connectivity index (χ2n) is 15.9. The minimum absolute atomic E-state index is 0.0131. The molecule has 0 aromatic heterocycles. The minimum atomic E-state index is -1.92. The smallest absolute Gasteiger partial charge is 0.306 e. The van der Waals surface area contributed by atoms with Gasteiger partial charge in [-0.1, -0.05) is 86.6 Å². The van der Waals surface area contributed by atoms with Gasteiger partial charge in [-0.25, -0.2) is 0 Å². The molecule has 276 valence electrons. The lowest BCUT2D eigenvalue weighted by atomic mass is 9.44. The molecule has 52 heavy (non-hydrogen) atoms. The van der Waals surface area contributed by atoms with Crippen LogP contribution < -0.4 is 0 Å². The first-order valence-electron chi connectivity index (χ1n) is 18.1. The van der Waals surface area contributed by atoms with Crippen molar-refractivity contribution in [1.29, 1.82) is 0 Å². The number of rotatable bonds is 8. The molecule has 7 rings (SSSR count). The molecule has 10 heteroatoms. The van der Waals surface area contributed by atoms with E-state index in [9.17, 15) is 29.7 Å². The van der Waals surface area contributed by atoms with Crippen LogP contribution in [0.5, 0.6) is 0 Å². The SMILES string of the molecule is CC(=O)O[C@@]12CO[C@@H]1C[C@H](O)[C@@]1(C)C(=O)[C@H](O)C3=C(C)[C@@H](OC(=O)CCc4ccc5ccccc5c4)C[C@@](O)([C@@H](OCc4ccccc4)[C@H]21)C3(C)C. The number of esters is 2. The van der Waals surface area contributed by atoms with Gasteiger partial charge in [-0.05, 0) is 53.3 Å². The van der Waals surface area contributed by atoms with E-state index >= 15 is 0 Å². The van der Waals surface area contributed by atoms with Crippen molar-refractivity contribution >= 4 is 28.5 Å². The van der Waals surface area contributed by atoms with Gasteiger partial charge in [0.2, 0.25) is 0 Å². The summed E-state index contributed by atoms with van der Waals surface area (Å²) >= 11 is 0. The van der Waals surface area contributed by atoms with E-state index in [1.807, 2.05) is 72.8 Å². The molecule has 9 atom stereocenters. The van der Waals surface area contributed by atoms with Crippen LogP contribution in [0.4, 0.5) is 0 Å². The van der Waals surface area contributed by atoms with Crippen molar-refractivity contribution in [2.45, 2.75) is 109 Å². The first kappa shape index (κ1) is 36.4. The third-order valence-corrected chi connectivity index (χ3v) is 12.7. The van der Waals surface area contributed by atoms with Crippen LogP contribution in [0.1, 0.15) is 65.0 Å². The Bertz CT molecular complexity index is 1920. The Kier molecular flexibility index (Phi) is 9.23. The minimum Gasteiger partial charge on any atom is -0.458 e. The molecule has 3 fully saturated rings. The van der Waals surface area contributed by atoms with E-state index in [4.69, 9.17) is 18.9 Å². The Hall–Kier alpha value is -3.93. The Morgan fingerprint density at radius 3 is 2.31 bits per heavy atom. The lowest BCUT2D eigenvalue weighted by molar-refractivity contribution is -0.351. The van der Waals surface area contributed by atoms with E-state index in [2.05, 4.69) is 0 Å². The fourth-order valence-electron chi connectivity index (χ4n) is 9.70. The predicted octanol–water partition coefficient (Wildman–Crippen LogP) is 4.78. The van der Waals surface area contributed by atoms with Crippen molar-refractivity contribution in [2.75, 3.05) is 6.61 Å². The highest BCUT2D eigenvalue weighted by Gasteiger charge is 2.77. The quantitative estimate of drug-likeness (QED) is 0.220. The monoisotopic (exact) mass is 712 g/mol. The van der Waals surface area contributed by atoms with Crippen LogP contribution in [0.15, 0.2) is 83.9 Å². The number of hydrogen-bond acceptors (Lipinski definition) is 10. The number of Topliss-reactive ketones (excluding diaryl/α,β-unsaturated/α-hetero) is 1. The van der Waals surface area contributed by atoms with Gasteiger partial charge >= 0.3 is 11.9 Å². The number of benzene rings is 3. The number of hydrogen-bond donors (Lipinski definition) is 3. The predicted molar refractivity (Wildman–Crippen MR) is 191 cm³/mol. The molecule has 1 aliphatic heterocycles. The maximum absolute atomic E-state index is 14.8. The third-order valence-electron chi connectivity index (χ3n) is 12.7. The van der Waals surface area contributed by atoms with Gasteiger partial charge in [-0.3, -0.25) is 14.4 Å². The van der Waals surface area contributed by atoms with Crippen molar-refractivity contribution in [3.05, 3.63) is 95.1 Å². The topological polar surface area (TPSA) is 149 Å². The fourth-order valence-corrected chi connectivity index (χ4v) is 9.70. The Labute approximate surface area is 303 Å². The molecule has 0 unspecified atom stereocenters. The summed E-state index contributed by atoms with van der Waals surface area (Å²) < 4.78 is 24.9. The number of ether oxygens (including phenoxy) is 4. The molecule has 0 radical (unpaired) electrons. The van der Waals surface area contributed by atoms with Gasteiger partial charge in [-0.15, -0.1) is 0 Å². The van der Waals surface area contributed by atoms with Crippen LogP contribution in [-0.2, 0) is 46.4 Å². The molecule has 4 aliphatic rings. The first-order chi connectivity index (χ1) is 24.6. The molecule has 2 saturated carbocycles. The summed E-state index contributed by atoms with van der Waals surface area (Å²) in [7, 11) is 0. The summed E-state index contributed by atoms with van der Waals surface area (Å²) in [6.45, 7) is 7.95. The van der Waals surface area contributed by atoms with Gasteiger partial charge in [0.05, 0.1) is 30.8 Å². The van der Waals surface area contributed by atoms with Gasteiger partial charge in [0.25, 0.3) is 0 Å². The molecule has 3 aliphatic carbocycles. The maximum Gasteiger partial charge on any atom is 0.306 e. The van der Waals surface area contributed by atoms with E-state index in [0.717, 1.165) is 21.9 Å². The average molecular weight is 713 g/mol. The molecule has 1 heterocycles. The normalized spacial score (nSPS) is 35.0. The Morgan fingerprint density at radius 1 is 0.942 bits per heavy atom. The molecule has 2 bridgehead atoms. The van der Waals surface area contributed by atoms with Crippen molar-refractivity contribution in [3.63, 3.8) is 0 Å². The molecule has 3 aromatic carbocycles. The van der Waals surface area contributed by atoms with E-state index in [-0.39, 0.29) is 38.0 Å². The van der Waals surface area contributed by atoms with Crippen molar-refractivity contribution in [3.8, 4) is 0 Å². The third kappa shape index (κ3) is 5.62. The molecular weight excluding hydrogens is 664 g/mol. The van der Waals surface area contributed by atoms with Crippen molar-refractivity contribution in [2.24, 2.45) is 16.7 Å². The maximum atomic E-state index is 14.8. The number of ketones is 1. The van der Waals surface area contributed by atoms with Crippen LogP contribution in [0.25, 0.3) is 10.8 Å². The van der Waals surface area contributed by atoms with Crippen LogP contribution in [0.3, 0.4) is 0 Å². The van der Waals surface area contributed by atoms with Crippen LogP contribution in [0.2, 0.25) is 0 Å². The number of carbonyl (C=O) groups excluding carboxylic acids is 3. The number of fused-ring (bicyclic) bond motifs is 6. The van der Waals surface area contributed by atoms with Gasteiger partial charge < -0.3 is 34.3 Å². The number of aryl methyl sites for hydroxylation is 1. The number of carbonyl (C=O) groups is 3. The zero-order valence-corrected chi connectivity index (χ0v) is 30.3. The van der Waals surface area contributed by atoms with Gasteiger partial charge in [0, 0.05) is 37.5 Å². The fraction of sp³-hybridized carbons (Fsp3) is 0.500. The van der Waals surface area contributed by atoms with Gasteiger partial charge in [0.1, 0.15) is 23.9 Å². The second kappa shape index (κ2) is 13.2. The molecule has 10 nitrogen and oxygen atoms in total. The zero-order chi connectivity index (χ0) is 37.2. The number of aliphatic hydroxyl groups is 3. The van der Waals surface area contributed by atoms with E-state index in [1.165, 1.54) is 6.92 Å². The standard InChI is InChI=1S/C42H48O10/c1-24-30(51-33(45)18-16-26-15-17-28-13-9-10-14-29(28)19-26)21-42(48)38(49-22-27-11-7-6-8-12-27)36-40(5,37(47)35(46)34(24)39(42,3)4)31(44)20-32-41(36,23-50-32)52-25(2)43/h6-15,17,19,30-32,35-36,38,44,46,48H,16,18,20-23H2,1-5H3/t30-,31-,32+,35+,36-,38-,40+,41-,42+/m0/s1. The van der Waals surface area contributed by atoms with E-state index in [0.29, 0.717) is 12.0 Å². The largest absolute Gasteiger partial charge is 0.458 e. The number of aliphatic hydroxyl groups excluding tert-OH is 2. The highest BCUT2D eigenvalue weighted by molar-refractivity contribution is 5.93. The Balaban J connectivity index is 1.30. The summed E-state index contributed by atoms with van der Waals surface area (Å²) in [5, 5.41) is 39.4. The summed E-state index contributed by atoms with van der Waals surface area (Å²) in [6.07, 6.45) is -5.84. The van der Waals surface area contributed by atoms with Crippen molar-refractivity contribution in [1.82, 2.24) is 0 Å². The van der Waals surface area contributed by atoms with E-state index < -0.39 is 76.2 Å². The second-order valence-corrected chi connectivity index (χ2v) is 15.9. The summed E-state index contributed by atoms with van der Waals surface area (Å²) in [6, 6.07) is 23.4. The van der Waals surface area contributed by atoms with Crippen molar-refractivity contribution < 1.29 is 48.7 Å². The van der Waals surface area contributed by atoms with Gasteiger partial charge in [-0.2, -0.15) is 0 Å². The Morgan fingerprint density at radius 2 is 1.63 bits per heavy atom. The average Bonchev–Trinajstić information content (AvgIpc) is 3.11. The summed E-state index contributed by atoms with van der Waals surface area (Å²) in [5.74, 6) is -2.97. The zero-order valence-electron chi connectivity index (χ0n) is 30.3. The molecule has 3 N–H and O–H groups in total. The van der Waals surface area contributed by atoms with Crippen LogP contribution in [0, 0.1) is 16.7 Å². The van der Waals surface area contributed by atoms with E-state index in [1.54, 1.807) is 27.7 Å².